The van der Waals surface area contributed by atoms with Gasteiger partial charge in [-0.15, -0.1) is 0 Å². The third-order valence-electron chi connectivity index (χ3n) is 3.52. The molecular formula is C18H24N2O. The standard InChI is InChI=1S/C18H24N2O/c1-3-8-14-9-7-10-15(13-14)18(20-19)16-11-5-6-12-17(16)21-4-2/h5-7,9-13,18,20H,3-4,8,19H2,1-2H3. The first-order valence-corrected chi connectivity index (χ1v) is 7.56. The second kappa shape index (κ2) is 7.81. The van der Waals surface area contributed by atoms with Gasteiger partial charge in [-0.25, -0.2) is 5.43 Å². The highest BCUT2D eigenvalue weighted by Crippen LogP contribution is 2.30. The van der Waals surface area contributed by atoms with Crippen molar-refractivity contribution in [2.45, 2.75) is 32.7 Å². The number of nitrogens with one attached hydrogen (secondary N) is 1. The van der Waals surface area contributed by atoms with Gasteiger partial charge < -0.3 is 4.74 Å². The second-order valence-corrected chi connectivity index (χ2v) is 5.07. The molecule has 1 atom stereocenters. The van der Waals surface area contributed by atoms with Crippen LogP contribution in [0.25, 0.3) is 0 Å². The van der Waals surface area contributed by atoms with Gasteiger partial charge in [0.2, 0.25) is 0 Å². The number of hydrogen-bond acceptors (Lipinski definition) is 3. The van der Waals surface area contributed by atoms with Gasteiger partial charge in [0, 0.05) is 5.56 Å². The fourth-order valence-corrected chi connectivity index (χ4v) is 2.59. The van der Waals surface area contributed by atoms with Gasteiger partial charge in [0.15, 0.2) is 0 Å². The molecule has 3 nitrogen and oxygen atoms in total. The Hall–Kier alpha value is -1.84. The van der Waals surface area contributed by atoms with Crippen LogP contribution >= 0.6 is 0 Å². The predicted molar refractivity (Wildman–Crippen MR) is 87.2 cm³/mol. The first kappa shape index (κ1) is 15.5. The third kappa shape index (κ3) is 3.84. The molecule has 3 heteroatoms. The smallest absolute Gasteiger partial charge is 0.124 e. The minimum atomic E-state index is -0.0652. The van der Waals surface area contributed by atoms with Crippen molar-refractivity contribution in [3.05, 3.63) is 65.2 Å². The number of ether oxygens (including phenoxy) is 1. The summed E-state index contributed by atoms with van der Waals surface area (Å²) in [5, 5.41) is 0. The maximum Gasteiger partial charge on any atom is 0.124 e. The number of aryl methyl sites for hydroxylation is 1. The van der Waals surface area contributed by atoms with Crippen LogP contribution in [0.15, 0.2) is 48.5 Å². The van der Waals surface area contributed by atoms with E-state index >= 15 is 0 Å². The molecule has 0 spiro atoms. The normalized spacial score (nSPS) is 12.1. The van der Waals surface area contributed by atoms with Crippen molar-refractivity contribution in [2.75, 3.05) is 6.61 Å². The lowest BCUT2D eigenvalue weighted by Crippen LogP contribution is -2.29. The first-order chi connectivity index (χ1) is 10.3. The molecular weight excluding hydrogens is 260 g/mol. The van der Waals surface area contributed by atoms with Crippen LogP contribution in [-0.2, 0) is 6.42 Å². The second-order valence-electron chi connectivity index (χ2n) is 5.07. The first-order valence-electron chi connectivity index (χ1n) is 7.56. The Morgan fingerprint density at radius 3 is 2.62 bits per heavy atom. The molecule has 21 heavy (non-hydrogen) atoms. The zero-order valence-corrected chi connectivity index (χ0v) is 12.8. The predicted octanol–water partition coefficient (Wildman–Crippen LogP) is 3.59. The molecule has 112 valence electrons. The van der Waals surface area contributed by atoms with Crippen LogP contribution in [0.1, 0.15) is 43.0 Å². The molecule has 0 radical (unpaired) electrons. The van der Waals surface area contributed by atoms with Gasteiger partial charge in [-0.05, 0) is 30.5 Å². The SMILES string of the molecule is CCCc1cccc(C(NN)c2ccccc2OCC)c1. The van der Waals surface area contributed by atoms with Crippen LogP contribution in [0.4, 0.5) is 0 Å². The van der Waals surface area contributed by atoms with Crippen molar-refractivity contribution in [3.63, 3.8) is 0 Å². The molecule has 1 unspecified atom stereocenters. The Bertz CT molecular complexity index is 569. The molecule has 0 amide bonds. The molecule has 2 aromatic carbocycles. The Kier molecular flexibility index (Phi) is 5.78. The summed E-state index contributed by atoms with van der Waals surface area (Å²) in [7, 11) is 0. The molecule has 0 aliphatic carbocycles. The highest BCUT2D eigenvalue weighted by molar-refractivity contribution is 5.42. The lowest BCUT2D eigenvalue weighted by molar-refractivity contribution is 0.333. The van der Waals surface area contributed by atoms with Gasteiger partial charge >= 0.3 is 0 Å². The molecule has 0 fully saturated rings. The average Bonchev–Trinajstić information content (AvgIpc) is 2.51. The van der Waals surface area contributed by atoms with Crippen molar-refractivity contribution >= 4 is 0 Å². The van der Waals surface area contributed by atoms with Crippen LogP contribution in [0, 0.1) is 0 Å². The highest BCUT2D eigenvalue weighted by atomic mass is 16.5. The quantitative estimate of drug-likeness (QED) is 0.603. The lowest BCUT2D eigenvalue weighted by atomic mass is 9.96. The molecule has 0 heterocycles. The van der Waals surface area contributed by atoms with Crippen LogP contribution in [0.2, 0.25) is 0 Å². The van der Waals surface area contributed by atoms with Gasteiger partial charge in [-0.2, -0.15) is 0 Å². The Labute approximate surface area is 127 Å². The molecule has 0 aromatic heterocycles. The van der Waals surface area contributed by atoms with Gasteiger partial charge in [-0.3, -0.25) is 5.84 Å². The van der Waals surface area contributed by atoms with Crippen molar-refractivity contribution in [3.8, 4) is 5.75 Å². The number of nitrogens with two attached hydrogens (primary N) is 1. The average molecular weight is 284 g/mol. The zero-order valence-electron chi connectivity index (χ0n) is 12.8. The Balaban J connectivity index is 2.37. The number of benzene rings is 2. The summed E-state index contributed by atoms with van der Waals surface area (Å²) in [4.78, 5) is 0. The summed E-state index contributed by atoms with van der Waals surface area (Å²) in [6, 6.07) is 16.5. The number of para-hydroxylation sites is 1. The number of hydrogen-bond donors (Lipinski definition) is 2. The maximum atomic E-state index is 5.82. The number of hydrazine groups is 1. The summed E-state index contributed by atoms with van der Waals surface area (Å²) in [5.74, 6) is 6.70. The van der Waals surface area contributed by atoms with Gasteiger partial charge in [0.1, 0.15) is 5.75 Å². The Morgan fingerprint density at radius 2 is 1.90 bits per heavy atom. The fourth-order valence-electron chi connectivity index (χ4n) is 2.59. The van der Waals surface area contributed by atoms with Crippen LogP contribution in [0.5, 0.6) is 5.75 Å². The number of rotatable bonds is 7. The van der Waals surface area contributed by atoms with E-state index in [2.05, 4.69) is 42.7 Å². The van der Waals surface area contributed by atoms with E-state index in [0.29, 0.717) is 6.61 Å². The van der Waals surface area contributed by atoms with Crippen LogP contribution in [-0.4, -0.2) is 6.61 Å². The molecule has 3 N–H and O–H groups in total. The van der Waals surface area contributed by atoms with Crippen molar-refractivity contribution in [1.82, 2.24) is 5.43 Å². The van der Waals surface area contributed by atoms with E-state index in [0.717, 1.165) is 29.7 Å². The van der Waals surface area contributed by atoms with E-state index < -0.39 is 0 Å². The van der Waals surface area contributed by atoms with Gasteiger partial charge in [0.05, 0.1) is 12.6 Å². The van der Waals surface area contributed by atoms with Crippen molar-refractivity contribution in [2.24, 2.45) is 5.84 Å². The highest BCUT2D eigenvalue weighted by Gasteiger charge is 2.17. The van der Waals surface area contributed by atoms with E-state index in [9.17, 15) is 0 Å². The summed E-state index contributed by atoms with van der Waals surface area (Å²) < 4.78 is 5.72. The minimum absolute atomic E-state index is 0.0652. The van der Waals surface area contributed by atoms with E-state index in [-0.39, 0.29) is 6.04 Å². The summed E-state index contributed by atoms with van der Waals surface area (Å²) in [5.41, 5.74) is 6.49. The van der Waals surface area contributed by atoms with E-state index in [1.54, 1.807) is 0 Å². The maximum absolute atomic E-state index is 5.82. The van der Waals surface area contributed by atoms with E-state index in [1.165, 1.54) is 5.56 Å². The molecule has 0 aliphatic rings. The summed E-state index contributed by atoms with van der Waals surface area (Å²) >= 11 is 0. The monoisotopic (exact) mass is 284 g/mol. The van der Waals surface area contributed by atoms with Crippen LogP contribution in [0.3, 0.4) is 0 Å². The molecule has 2 rings (SSSR count). The van der Waals surface area contributed by atoms with E-state index in [1.807, 2.05) is 25.1 Å². The lowest BCUT2D eigenvalue weighted by Gasteiger charge is -2.20. The minimum Gasteiger partial charge on any atom is -0.494 e. The summed E-state index contributed by atoms with van der Waals surface area (Å²) in [6.07, 6.45) is 2.22. The third-order valence-corrected chi connectivity index (χ3v) is 3.52. The van der Waals surface area contributed by atoms with Crippen molar-refractivity contribution in [1.29, 1.82) is 0 Å². The fraction of sp³-hybridized carbons (Fsp3) is 0.333. The molecule has 0 saturated heterocycles. The Morgan fingerprint density at radius 1 is 1.10 bits per heavy atom. The molecule has 2 aromatic rings. The van der Waals surface area contributed by atoms with Gasteiger partial charge in [0.25, 0.3) is 0 Å². The molecule has 0 aliphatic heterocycles. The molecule has 0 bridgehead atoms. The molecule has 0 saturated carbocycles. The largest absolute Gasteiger partial charge is 0.494 e. The summed E-state index contributed by atoms with van der Waals surface area (Å²) in [6.45, 7) is 4.82. The van der Waals surface area contributed by atoms with Gasteiger partial charge in [-0.1, -0.05) is 55.8 Å². The topological polar surface area (TPSA) is 47.3 Å². The zero-order chi connectivity index (χ0) is 15.1. The van der Waals surface area contributed by atoms with E-state index in [4.69, 9.17) is 10.6 Å². The van der Waals surface area contributed by atoms with Crippen LogP contribution < -0.4 is 16.0 Å². The van der Waals surface area contributed by atoms with Crippen molar-refractivity contribution < 1.29 is 4.74 Å².